The van der Waals surface area contributed by atoms with E-state index in [0.717, 1.165) is 10.6 Å². The lowest BCUT2D eigenvalue weighted by Gasteiger charge is -2.13. The Morgan fingerprint density at radius 3 is 2.52 bits per heavy atom. The minimum atomic E-state index is -0.331. The molecule has 0 aliphatic rings. The van der Waals surface area contributed by atoms with Crippen LogP contribution >= 0.6 is 11.8 Å². The van der Waals surface area contributed by atoms with Crippen LogP contribution in [0.15, 0.2) is 29.2 Å². The summed E-state index contributed by atoms with van der Waals surface area (Å²) in [6.45, 7) is 5.98. The Bertz CT molecular complexity index is 683. The van der Waals surface area contributed by atoms with Crippen molar-refractivity contribution < 1.29 is 9.53 Å². The van der Waals surface area contributed by atoms with Crippen LogP contribution in [0.1, 0.15) is 18.3 Å². The molecule has 6 nitrogen and oxygen atoms in total. The number of aryl methyl sites for hydroxylation is 2. The largest absolute Gasteiger partial charge is 0.464 e. The summed E-state index contributed by atoms with van der Waals surface area (Å²) < 4.78 is 5.30. The van der Waals surface area contributed by atoms with Crippen LogP contribution in [0.3, 0.4) is 0 Å². The van der Waals surface area contributed by atoms with E-state index in [2.05, 4.69) is 20.6 Å². The first-order valence-corrected chi connectivity index (χ1v) is 8.46. The first-order valence-electron chi connectivity index (χ1n) is 7.23. The minimum absolute atomic E-state index is 0.320. The van der Waals surface area contributed by atoms with Gasteiger partial charge in [-0.3, -0.25) is 0 Å². The van der Waals surface area contributed by atoms with Crippen molar-refractivity contribution in [3.05, 3.63) is 35.7 Å². The highest BCUT2D eigenvalue weighted by Crippen LogP contribution is 2.21. The summed E-state index contributed by atoms with van der Waals surface area (Å²) in [4.78, 5) is 21.7. The van der Waals surface area contributed by atoms with E-state index in [1.807, 2.05) is 37.4 Å². The monoisotopic (exact) mass is 332 g/mol. The molecule has 23 heavy (non-hydrogen) atoms. The Morgan fingerprint density at radius 2 is 1.91 bits per heavy atom. The van der Waals surface area contributed by atoms with Crippen molar-refractivity contribution in [2.45, 2.75) is 25.7 Å². The van der Waals surface area contributed by atoms with E-state index in [4.69, 9.17) is 4.74 Å². The summed E-state index contributed by atoms with van der Waals surface area (Å²) in [6, 6.07) is 7.63. The number of benzene rings is 1. The Hall–Kier alpha value is -2.28. The van der Waals surface area contributed by atoms with E-state index in [1.54, 1.807) is 25.6 Å². The van der Waals surface area contributed by atoms with Gasteiger partial charge in [-0.25, -0.2) is 4.79 Å². The summed E-state index contributed by atoms with van der Waals surface area (Å²) in [6.07, 6.45) is 1.99. The second-order valence-electron chi connectivity index (χ2n) is 4.80. The molecule has 122 valence electrons. The lowest BCUT2D eigenvalue weighted by atomic mass is 10.3. The molecule has 2 aromatic rings. The van der Waals surface area contributed by atoms with Gasteiger partial charge in [-0.1, -0.05) is 6.07 Å². The van der Waals surface area contributed by atoms with Gasteiger partial charge < -0.3 is 15.4 Å². The molecule has 7 heteroatoms. The van der Waals surface area contributed by atoms with Gasteiger partial charge in [-0.15, -0.1) is 11.8 Å². The third-order valence-corrected chi connectivity index (χ3v) is 3.82. The number of carbonyl (C=O) groups excluding carboxylic acids is 1. The molecule has 0 atom stereocenters. The molecule has 0 fully saturated rings. The highest BCUT2D eigenvalue weighted by Gasteiger charge is 2.12. The standard InChI is InChI=1S/C16H20N4O2S/c1-5-22-16-17-10(2)14(11(3)18-16)20-15(21)19-12-7-6-8-13(9-12)23-4/h6-9H,5H2,1-4H3,(H2,19,20,21). The molecule has 2 rings (SSSR count). The van der Waals surface area contributed by atoms with Gasteiger partial charge in [0.15, 0.2) is 0 Å². The molecule has 0 bridgehead atoms. The summed E-state index contributed by atoms with van der Waals surface area (Å²) in [5.41, 5.74) is 2.64. The molecule has 0 spiro atoms. The number of hydrogen-bond acceptors (Lipinski definition) is 5. The van der Waals surface area contributed by atoms with Gasteiger partial charge >= 0.3 is 12.0 Å². The van der Waals surface area contributed by atoms with Crippen LogP contribution in [0.2, 0.25) is 0 Å². The number of nitrogens with zero attached hydrogens (tertiary/aromatic N) is 2. The number of thioether (sulfide) groups is 1. The maximum absolute atomic E-state index is 12.2. The second-order valence-corrected chi connectivity index (χ2v) is 5.68. The molecule has 1 heterocycles. The maximum atomic E-state index is 12.2. The Morgan fingerprint density at radius 1 is 1.22 bits per heavy atom. The van der Waals surface area contributed by atoms with Gasteiger partial charge in [-0.2, -0.15) is 9.97 Å². The third-order valence-electron chi connectivity index (χ3n) is 3.09. The van der Waals surface area contributed by atoms with E-state index < -0.39 is 0 Å². The molecule has 0 radical (unpaired) electrons. The van der Waals surface area contributed by atoms with Gasteiger partial charge in [-0.05, 0) is 45.2 Å². The van der Waals surface area contributed by atoms with Crippen molar-refractivity contribution in [3.8, 4) is 6.01 Å². The maximum Gasteiger partial charge on any atom is 0.323 e. The number of anilines is 2. The lowest BCUT2D eigenvalue weighted by molar-refractivity contribution is 0.262. The van der Waals surface area contributed by atoms with Crippen LogP contribution in [0.25, 0.3) is 0 Å². The molecule has 0 unspecified atom stereocenters. The highest BCUT2D eigenvalue weighted by atomic mass is 32.2. The van der Waals surface area contributed by atoms with Gasteiger partial charge in [0.05, 0.1) is 23.7 Å². The quantitative estimate of drug-likeness (QED) is 0.813. The van der Waals surface area contributed by atoms with E-state index in [9.17, 15) is 4.79 Å². The number of rotatable bonds is 5. The zero-order chi connectivity index (χ0) is 16.8. The van der Waals surface area contributed by atoms with Crippen LogP contribution in [0.4, 0.5) is 16.2 Å². The predicted molar refractivity (Wildman–Crippen MR) is 93.5 cm³/mol. The number of amides is 2. The molecule has 2 N–H and O–H groups in total. The van der Waals surface area contributed by atoms with Crippen molar-refractivity contribution in [1.82, 2.24) is 9.97 Å². The molecular formula is C16H20N4O2S. The molecule has 0 saturated heterocycles. The molecule has 1 aromatic carbocycles. The van der Waals surface area contributed by atoms with Crippen molar-refractivity contribution in [3.63, 3.8) is 0 Å². The molecular weight excluding hydrogens is 312 g/mol. The Labute approximate surface area is 140 Å². The van der Waals surface area contributed by atoms with E-state index in [1.165, 1.54) is 0 Å². The second kappa shape index (κ2) is 7.82. The van der Waals surface area contributed by atoms with Gasteiger partial charge in [0, 0.05) is 10.6 Å². The fraction of sp³-hybridized carbons (Fsp3) is 0.312. The van der Waals surface area contributed by atoms with E-state index in [0.29, 0.717) is 29.7 Å². The average Bonchev–Trinajstić information content (AvgIpc) is 2.51. The number of ether oxygens (including phenoxy) is 1. The lowest BCUT2D eigenvalue weighted by Crippen LogP contribution is -2.21. The van der Waals surface area contributed by atoms with Crippen LogP contribution in [-0.2, 0) is 0 Å². The molecule has 0 aliphatic heterocycles. The molecule has 2 amide bonds. The first-order chi connectivity index (χ1) is 11.0. The zero-order valence-electron chi connectivity index (χ0n) is 13.6. The number of aromatic nitrogens is 2. The normalized spacial score (nSPS) is 10.3. The SMILES string of the molecule is CCOc1nc(C)c(NC(=O)Nc2cccc(SC)c2)c(C)n1. The molecule has 0 saturated carbocycles. The fourth-order valence-electron chi connectivity index (χ4n) is 2.04. The zero-order valence-corrected chi connectivity index (χ0v) is 14.5. The smallest absolute Gasteiger partial charge is 0.323 e. The van der Waals surface area contributed by atoms with Crippen molar-refractivity contribution >= 4 is 29.2 Å². The molecule has 1 aromatic heterocycles. The topological polar surface area (TPSA) is 76.1 Å². The van der Waals surface area contributed by atoms with Crippen molar-refractivity contribution in [2.24, 2.45) is 0 Å². The van der Waals surface area contributed by atoms with Gasteiger partial charge in [0.2, 0.25) is 0 Å². The summed E-state index contributed by atoms with van der Waals surface area (Å²) in [5.74, 6) is 0. The summed E-state index contributed by atoms with van der Waals surface area (Å²) in [5, 5.41) is 5.61. The van der Waals surface area contributed by atoms with Gasteiger partial charge in [0.1, 0.15) is 0 Å². The van der Waals surface area contributed by atoms with Crippen molar-refractivity contribution in [1.29, 1.82) is 0 Å². The van der Waals surface area contributed by atoms with E-state index in [-0.39, 0.29) is 6.03 Å². The van der Waals surface area contributed by atoms with Crippen LogP contribution in [0.5, 0.6) is 6.01 Å². The van der Waals surface area contributed by atoms with Crippen molar-refractivity contribution in [2.75, 3.05) is 23.5 Å². The number of carbonyl (C=O) groups is 1. The number of urea groups is 1. The average molecular weight is 332 g/mol. The first kappa shape index (κ1) is 17.1. The van der Waals surface area contributed by atoms with Gasteiger partial charge in [0.25, 0.3) is 0 Å². The van der Waals surface area contributed by atoms with Crippen LogP contribution < -0.4 is 15.4 Å². The Balaban J connectivity index is 2.10. The predicted octanol–water partition coefficient (Wildman–Crippen LogP) is 3.86. The number of hydrogen-bond donors (Lipinski definition) is 2. The fourth-order valence-corrected chi connectivity index (χ4v) is 2.50. The van der Waals surface area contributed by atoms with E-state index >= 15 is 0 Å². The molecule has 0 aliphatic carbocycles. The minimum Gasteiger partial charge on any atom is -0.464 e. The van der Waals surface area contributed by atoms with Crippen LogP contribution in [0, 0.1) is 13.8 Å². The summed E-state index contributed by atoms with van der Waals surface area (Å²) in [7, 11) is 0. The number of nitrogens with one attached hydrogen (secondary N) is 2. The Kier molecular flexibility index (Phi) is 5.81. The highest BCUT2D eigenvalue weighted by molar-refractivity contribution is 7.98. The third kappa shape index (κ3) is 4.59. The van der Waals surface area contributed by atoms with Crippen LogP contribution in [-0.4, -0.2) is 28.9 Å². The summed E-state index contributed by atoms with van der Waals surface area (Å²) >= 11 is 1.62.